The Balaban J connectivity index is 2.32. The lowest BCUT2D eigenvalue weighted by atomic mass is 10.0. The number of halogens is 3. The van der Waals surface area contributed by atoms with Gasteiger partial charge in [-0.1, -0.05) is 15.9 Å². The third-order valence-corrected chi connectivity index (χ3v) is 3.74. The molecular weight excluding hydrogens is 324 g/mol. The molecule has 0 fully saturated rings. The molecule has 0 aliphatic carbocycles. The molecule has 4 heteroatoms. The van der Waals surface area contributed by atoms with Gasteiger partial charge in [-0.05, 0) is 62.2 Å². The highest BCUT2D eigenvalue weighted by Crippen LogP contribution is 2.29. The number of hydrogen-bond donors (Lipinski definition) is 1. The third kappa shape index (κ3) is 3.18. The maximum Gasteiger partial charge on any atom is 0.128 e. The highest BCUT2D eigenvalue weighted by molar-refractivity contribution is 9.10. The second kappa shape index (κ2) is 5.92. The summed E-state index contributed by atoms with van der Waals surface area (Å²) in [5, 5.41) is 3.26. The van der Waals surface area contributed by atoms with E-state index in [1.54, 1.807) is 0 Å². The van der Waals surface area contributed by atoms with Crippen LogP contribution in [0.15, 0.2) is 34.8 Å². The van der Waals surface area contributed by atoms with Crippen LogP contribution in [-0.4, -0.2) is 0 Å². The van der Waals surface area contributed by atoms with E-state index in [-0.39, 0.29) is 6.04 Å². The Morgan fingerprint density at radius 2 is 1.65 bits per heavy atom. The van der Waals surface area contributed by atoms with Crippen molar-refractivity contribution in [3.63, 3.8) is 0 Å². The van der Waals surface area contributed by atoms with Gasteiger partial charge in [0.05, 0.1) is 6.04 Å². The van der Waals surface area contributed by atoms with Crippen LogP contribution in [0.25, 0.3) is 0 Å². The quantitative estimate of drug-likeness (QED) is 0.776. The van der Waals surface area contributed by atoms with E-state index >= 15 is 0 Å². The second-order valence-corrected chi connectivity index (χ2v) is 5.86. The Morgan fingerprint density at radius 3 is 2.25 bits per heavy atom. The van der Waals surface area contributed by atoms with Crippen molar-refractivity contribution in [1.82, 2.24) is 0 Å². The Morgan fingerprint density at radius 1 is 1.05 bits per heavy atom. The van der Waals surface area contributed by atoms with Crippen LogP contribution in [0.3, 0.4) is 0 Å². The maximum atomic E-state index is 13.8. The van der Waals surface area contributed by atoms with Gasteiger partial charge in [0.1, 0.15) is 11.6 Å². The van der Waals surface area contributed by atoms with Crippen LogP contribution in [0.5, 0.6) is 0 Å². The summed E-state index contributed by atoms with van der Waals surface area (Å²) >= 11 is 3.44. The van der Waals surface area contributed by atoms with Crippen molar-refractivity contribution in [1.29, 1.82) is 0 Å². The number of nitrogens with one attached hydrogen (secondary N) is 1. The van der Waals surface area contributed by atoms with Gasteiger partial charge in [0.25, 0.3) is 0 Å². The van der Waals surface area contributed by atoms with Crippen molar-refractivity contribution < 1.29 is 8.78 Å². The predicted octanol–water partition coefficient (Wildman–Crippen LogP) is 5.52. The van der Waals surface area contributed by atoms with Gasteiger partial charge in [0.2, 0.25) is 0 Å². The summed E-state index contributed by atoms with van der Waals surface area (Å²) in [5.74, 6) is -0.835. The lowest BCUT2D eigenvalue weighted by Gasteiger charge is -2.20. The summed E-state index contributed by atoms with van der Waals surface area (Å²) in [4.78, 5) is 0. The molecule has 0 heterocycles. The van der Waals surface area contributed by atoms with E-state index in [0.717, 1.165) is 33.4 Å². The average Bonchev–Trinajstić information content (AvgIpc) is 2.36. The van der Waals surface area contributed by atoms with Crippen molar-refractivity contribution >= 4 is 21.6 Å². The standard InChI is InChI=1S/C16H16BrF2N/c1-9-6-12(17)7-10(2)16(9)20-11(3)14-8-13(18)4-5-15(14)19/h4-8,11,20H,1-3H3. The fraction of sp³-hybridized carbons (Fsp3) is 0.250. The molecule has 2 aromatic rings. The summed E-state index contributed by atoms with van der Waals surface area (Å²) in [6.45, 7) is 5.78. The van der Waals surface area contributed by atoms with Crippen LogP contribution in [0.1, 0.15) is 29.7 Å². The average molecular weight is 340 g/mol. The molecule has 0 aromatic heterocycles. The Hall–Kier alpha value is -1.42. The predicted molar refractivity (Wildman–Crippen MR) is 82.0 cm³/mol. The SMILES string of the molecule is Cc1cc(Br)cc(C)c1NC(C)c1cc(F)ccc1F. The van der Waals surface area contributed by atoms with Gasteiger partial charge < -0.3 is 5.32 Å². The minimum atomic E-state index is -0.431. The van der Waals surface area contributed by atoms with Crippen LogP contribution >= 0.6 is 15.9 Å². The molecular formula is C16H16BrF2N. The van der Waals surface area contributed by atoms with Gasteiger partial charge in [-0.2, -0.15) is 0 Å². The van der Waals surface area contributed by atoms with Crippen molar-refractivity contribution in [2.45, 2.75) is 26.8 Å². The smallest absolute Gasteiger partial charge is 0.128 e. The van der Waals surface area contributed by atoms with E-state index in [1.165, 1.54) is 6.07 Å². The van der Waals surface area contributed by atoms with Gasteiger partial charge in [0, 0.05) is 15.7 Å². The van der Waals surface area contributed by atoms with Crippen LogP contribution in [0, 0.1) is 25.5 Å². The molecule has 1 atom stereocenters. The number of benzene rings is 2. The fourth-order valence-electron chi connectivity index (χ4n) is 2.28. The van der Waals surface area contributed by atoms with E-state index in [4.69, 9.17) is 0 Å². The van der Waals surface area contributed by atoms with Gasteiger partial charge in [-0.25, -0.2) is 8.78 Å². The van der Waals surface area contributed by atoms with Gasteiger partial charge in [-0.3, -0.25) is 0 Å². The topological polar surface area (TPSA) is 12.0 Å². The third-order valence-electron chi connectivity index (χ3n) is 3.28. The fourth-order valence-corrected chi connectivity index (χ4v) is 2.97. The summed E-state index contributed by atoms with van der Waals surface area (Å²) in [6.07, 6.45) is 0. The largest absolute Gasteiger partial charge is 0.378 e. The van der Waals surface area contributed by atoms with Crippen molar-refractivity contribution in [3.8, 4) is 0 Å². The van der Waals surface area contributed by atoms with Crippen molar-refractivity contribution in [2.75, 3.05) is 5.32 Å². The highest BCUT2D eigenvalue weighted by atomic mass is 79.9. The molecule has 1 unspecified atom stereocenters. The molecule has 0 aliphatic heterocycles. The zero-order valence-electron chi connectivity index (χ0n) is 11.6. The van der Waals surface area contributed by atoms with Crippen LogP contribution < -0.4 is 5.32 Å². The summed E-state index contributed by atoms with van der Waals surface area (Å²) < 4.78 is 28.0. The molecule has 1 nitrogen and oxygen atoms in total. The first-order valence-electron chi connectivity index (χ1n) is 6.36. The zero-order chi connectivity index (χ0) is 14.9. The van der Waals surface area contributed by atoms with E-state index in [9.17, 15) is 8.78 Å². The molecule has 106 valence electrons. The molecule has 0 radical (unpaired) electrons. The Labute approximate surface area is 126 Å². The lowest BCUT2D eigenvalue weighted by molar-refractivity contribution is 0.577. The number of anilines is 1. The molecule has 2 aromatic carbocycles. The first kappa shape index (κ1) is 15.0. The maximum absolute atomic E-state index is 13.8. The normalized spacial score (nSPS) is 12.3. The summed E-state index contributed by atoms with van der Waals surface area (Å²) in [5.41, 5.74) is 3.39. The second-order valence-electron chi connectivity index (χ2n) is 4.95. The molecule has 0 bridgehead atoms. The first-order valence-corrected chi connectivity index (χ1v) is 7.16. The van der Waals surface area contributed by atoms with E-state index < -0.39 is 11.6 Å². The van der Waals surface area contributed by atoms with E-state index in [2.05, 4.69) is 21.2 Å². The molecule has 0 aliphatic rings. The Kier molecular flexibility index (Phi) is 4.43. The zero-order valence-corrected chi connectivity index (χ0v) is 13.2. The summed E-state index contributed by atoms with van der Waals surface area (Å²) in [6, 6.07) is 7.18. The molecule has 0 spiro atoms. The number of aryl methyl sites for hydroxylation is 2. The minimum absolute atomic E-state index is 0.315. The van der Waals surface area contributed by atoms with Gasteiger partial charge in [-0.15, -0.1) is 0 Å². The van der Waals surface area contributed by atoms with Crippen molar-refractivity contribution in [2.24, 2.45) is 0 Å². The molecule has 0 amide bonds. The molecule has 20 heavy (non-hydrogen) atoms. The monoisotopic (exact) mass is 339 g/mol. The van der Waals surface area contributed by atoms with Crippen molar-refractivity contribution in [3.05, 3.63) is 63.1 Å². The molecule has 2 rings (SSSR count). The Bertz CT molecular complexity index is 617. The minimum Gasteiger partial charge on any atom is -0.378 e. The number of hydrogen-bond acceptors (Lipinski definition) is 1. The van der Waals surface area contributed by atoms with Gasteiger partial charge >= 0.3 is 0 Å². The van der Waals surface area contributed by atoms with Crippen LogP contribution in [0.2, 0.25) is 0 Å². The summed E-state index contributed by atoms with van der Waals surface area (Å²) in [7, 11) is 0. The molecule has 0 saturated heterocycles. The lowest BCUT2D eigenvalue weighted by Crippen LogP contribution is -2.11. The molecule has 1 N–H and O–H groups in total. The highest BCUT2D eigenvalue weighted by Gasteiger charge is 2.14. The first-order chi connectivity index (χ1) is 9.38. The number of rotatable bonds is 3. The molecule has 0 saturated carbocycles. The van der Waals surface area contributed by atoms with Gasteiger partial charge in [0.15, 0.2) is 0 Å². The van der Waals surface area contributed by atoms with E-state index in [0.29, 0.717) is 5.56 Å². The van der Waals surface area contributed by atoms with Crippen LogP contribution in [-0.2, 0) is 0 Å². The van der Waals surface area contributed by atoms with Crippen LogP contribution in [0.4, 0.5) is 14.5 Å². The van der Waals surface area contributed by atoms with E-state index in [1.807, 2.05) is 32.9 Å².